The van der Waals surface area contributed by atoms with Crippen molar-refractivity contribution in [3.8, 4) is 5.82 Å². The monoisotopic (exact) mass is 497 g/mol. The Kier molecular flexibility index (Phi) is 6.53. The highest BCUT2D eigenvalue weighted by molar-refractivity contribution is 7.18. The minimum atomic E-state index is 0.0592. The molecule has 1 aliphatic rings. The Balaban J connectivity index is 1.38. The number of halogens is 1. The molecular formula is C23H24ClN7O2S. The van der Waals surface area contributed by atoms with Gasteiger partial charge in [0.1, 0.15) is 16.1 Å². The molecule has 0 aliphatic carbocycles. The molecule has 0 amide bonds. The van der Waals surface area contributed by atoms with Gasteiger partial charge in [0.2, 0.25) is 0 Å². The number of fused-ring (bicyclic) bond motifs is 1. The van der Waals surface area contributed by atoms with Gasteiger partial charge in [-0.05, 0) is 31.4 Å². The van der Waals surface area contributed by atoms with Gasteiger partial charge in [0.05, 0.1) is 34.2 Å². The van der Waals surface area contributed by atoms with E-state index in [2.05, 4.69) is 25.1 Å². The second-order valence-corrected chi connectivity index (χ2v) is 9.89. The molecule has 1 fully saturated rings. The number of aryl methyl sites for hydroxylation is 1. The number of nitrogens with zero attached hydrogens (tertiary/aromatic N) is 7. The SMILES string of the molecule is COC1CCN(c2c(CC(=O)Cc3cnc(-n4nccn4)c(Cl)c3)cnc3sc(C)nc23)CC1. The van der Waals surface area contributed by atoms with Crippen LogP contribution >= 0.6 is 22.9 Å². The lowest BCUT2D eigenvalue weighted by molar-refractivity contribution is -0.117. The van der Waals surface area contributed by atoms with Crippen molar-refractivity contribution in [2.24, 2.45) is 0 Å². The normalized spacial score (nSPS) is 14.7. The van der Waals surface area contributed by atoms with E-state index in [0.29, 0.717) is 10.8 Å². The van der Waals surface area contributed by atoms with Gasteiger partial charge in [-0.25, -0.2) is 15.0 Å². The number of pyridine rings is 2. The third-order valence-electron chi connectivity index (χ3n) is 5.95. The van der Waals surface area contributed by atoms with E-state index in [0.717, 1.165) is 58.1 Å². The van der Waals surface area contributed by atoms with Crippen LogP contribution in [0.5, 0.6) is 0 Å². The molecule has 34 heavy (non-hydrogen) atoms. The van der Waals surface area contributed by atoms with Crippen molar-refractivity contribution in [3.63, 3.8) is 0 Å². The molecule has 0 bridgehead atoms. The molecule has 1 aliphatic heterocycles. The number of methoxy groups -OCH3 is 1. The number of aromatic nitrogens is 6. The van der Waals surface area contributed by atoms with Crippen molar-refractivity contribution in [1.82, 2.24) is 29.9 Å². The largest absolute Gasteiger partial charge is 0.381 e. The summed E-state index contributed by atoms with van der Waals surface area (Å²) in [7, 11) is 1.76. The minimum absolute atomic E-state index is 0.0592. The number of carbonyl (C=O) groups is 1. The zero-order valence-electron chi connectivity index (χ0n) is 18.9. The molecule has 0 atom stereocenters. The van der Waals surface area contributed by atoms with Crippen molar-refractivity contribution in [2.45, 2.75) is 38.7 Å². The fourth-order valence-electron chi connectivity index (χ4n) is 4.35. The number of carbonyl (C=O) groups excluding carboxylic acids is 1. The van der Waals surface area contributed by atoms with Crippen LogP contribution in [0.2, 0.25) is 5.02 Å². The highest BCUT2D eigenvalue weighted by Crippen LogP contribution is 2.34. The van der Waals surface area contributed by atoms with Crippen molar-refractivity contribution in [2.75, 3.05) is 25.1 Å². The van der Waals surface area contributed by atoms with Gasteiger partial charge in [0.15, 0.2) is 5.82 Å². The number of hydrogen-bond acceptors (Lipinski definition) is 9. The molecule has 5 heterocycles. The summed E-state index contributed by atoms with van der Waals surface area (Å²) in [5.74, 6) is 0.488. The average molecular weight is 498 g/mol. The van der Waals surface area contributed by atoms with Gasteiger partial charge < -0.3 is 9.64 Å². The molecule has 0 radical (unpaired) electrons. The average Bonchev–Trinajstić information content (AvgIpc) is 3.48. The molecule has 0 saturated carbocycles. The van der Waals surface area contributed by atoms with E-state index in [-0.39, 0.29) is 24.7 Å². The van der Waals surface area contributed by atoms with E-state index in [1.165, 1.54) is 4.80 Å². The third kappa shape index (κ3) is 4.66. The van der Waals surface area contributed by atoms with Crippen LogP contribution < -0.4 is 4.90 Å². The Hall–Kier alpha value is -2.95. The Labute approximate surface area is 205 Å². The Morgan fingerprint density at radius 3 is 2.65 bits per heavy atom. The van der Waals surface area contributed by atoms with Crippen molar-refractivity contribution >= 4 is 44.8 Å². The summed E-state index contributed by atoms with van der Waals surface area (Å²) < 4.78 is 5.54. The number of piperidine rings is 1. The van der Waals surface area contributed by atoms with Crippen LogP contribution in [0.4, 0.5) is 5.69 Å². The molecule has 11 heteroatoms. The van der Waals surface area contributed by atoms with E-state index in [1.807, 2.05) is 13.1 Å². The van der Waals surface area contributed by atoms with Crippen LogP contribution in [0.25, 0.3) is 16.2 Å². The molecule has 0 aromatic carbocycles. The second-order valence-electron chi connectivity index (χ2n) is 8.30. The van der Waals surface area contributed by atoms with Gasteiger partial charge in [0.25, 0.3) is 0 Å². The summed E-state index contributed by atoms with van der Waals surface area (Å²) in [6, 6.07) is 1.74. The van der Waals surface area contributed by atoms with Crippen LogP contribution in [0.3, 0.4) is 0 Å². The highest BCUT2D eigenvalue weighted by atomic mass is 35.5. The number of ether oxygens (including phenoxy) is 1. The first-order valence-corrected chi connectivity index (χ1v) is 12.3. The first-order valence-electron chi connectivity index (χ1n) is 11.1. The molecule has 0 unspecified atom stereocenters. The number of rotatable bonds is 7. The first kappa shape index (κ1) is 22.8. The molecule has 9 nitrogen and oxygen atoms in total. The van der Waals surface area contributed by atoms with E-state index in [9.17, 15) is 4.79 Å². The minimum Gasteiger partial charge on any atom is -0.381 e. The van der Waals surface area contributed by atoms with E-state index >= 15 is 0 Å². The lowest BCUT2D eigenvalue weighted by Gasteiger charge is -2.34. The van der Waals surface area contributed by atoms with E-state index in [1.54, 1.807) is 43.1 Å². The fourth-order valence-corrected chi connectivity index (χ4v) is 5.37. The van der Waals surface area contributed by atoms with E-state index in [4.69, 9.17) is 21.3 Å². The van der Waals surface area contributed by atoms with Gasteiger partial charge in [0, 0.05) is 51.0 Å². The molecule has 176 valence electrons. The van der Waals surface area contributed by atoms with Crippen LogP contribution in [0.15, 0.2) is 30.9 Å². The first-order chi connectivity index (χ1) is 16.5. The highest BCUT2D eigenvalue weighted by Gasteiger charge is 2.25. The maximum absolute atomic E-state index is 13.1. The second kappa shape index (κ2) is 9.73. The summed E-state index contributed by atoms with van der Waals surface area (Å²) in [5.41, 5.74) is 3.54. The van der Waals surface area contributed by atoms with Gasteiger partial charge in [-0.2, -0.15) is 10.2 Å². The Morgan fingerprint density at radius 2 is 1.94 bits per heavy atom. The van der Waals surface area contributed by atoms with Gasteiger partial charge in [-0.1, -0.05) is 22.9 Å². The predicted molar refractivity (Wildman–Crippen MR) is 131 cm³/mol. The number of anilines is 1. The van der Waals surface area contributed by atoms with Crippen LogP contribution in [-0.2, 0) is 22.4 Å². The summed E-state index contributed by atoms with van der Waals surface area (Å²) in [6.45, 7) is 3.70. The Bertz CT molecular complexity index is 1320. The van der Waals surface area contributed by atoms with Crippen LogP contribution in [-0.4, -0.2) is 62.0 Å². The van der Waals surface area contributed by atoms with Crippen molar-refractivity contribution in [3.05, 3.63) is 52.0 Å². The molecule has 5 rings (SSSR count). The number of hydrogen-bond donors (Lipinski definition) is 0. The molecule has 4 aromatic heterocycles. The molecule has 4 aromatic rings. The fraction of sp³-hybridized carbons (Fsp3) is 0.391. The smallest absolute Gasteiger partial charge is 0.193 e. The summed E-state index contributed by atoms with van der Waals surface area (Å²) >= 11 is 7.95. The van der Waals surface area contributed by atoms with E-state index < -0.39 is 0 Å². The zero-order valence-corrected chi connectivity index (χ0v) is 20.5. The van der Waals surface area contributed by atoms with Gasteiger partial charge in [-0.3, -0.25) is 4.79 Å². The lowest BCUT2D eigenvalue weighted by atomic mass is 10.0. The standard InChI is InChI=1S/C23H24ClN7O2S/c1-14-29-20-21(30-7-3-18(33-2)4-8-30)16(13-26-23(20)34-14)11-17(32)9-15-10-19(24)22(25-12-15)31-27-5-6-28-31/h5-6,10,12-13,18H,3-4,7-9,11H2,1-2H3. The molecular weight excluding hydrogens is 474 g/mol. The third-order valence-corrected chi connectivity index (χ3v) is 7.11. The molecule has 1 saturated heterocycles. The quantitative estimate of drug-likeness (QED) is 0.382. The summed E-state index contributed by atoms with van der Waals surface area (Å²) in [5, 5.41) is 9.46. The topological polar surface area (TPSA) is 98.9 Å². The molecule has 0 spiro atoms. The summed E-state index contributed by atoms with van der Waals surface area (Å²) in [4.78, 5) is 31.4. The zero-order chi connectivity index (χ0) is 23.7. The number of Topliss-reactive ketones (excluding diaryl/α,β-unsaturated/α-hetero) is 1. The molecule has 0 N–H and O–H groups in total. The van der Waals surface area contributed by atoms with Gasteiger partial charge >= 0.3 is 0 Å². The maximum Gasteiger partial charge on any atom is 0.193 e. The van der Waals surface area contributed by atoms with Crippen LogP contribution in [0.1, 0.15) is 29.0 Å². The van der Waals surface area contributed by atoms with Crippen molar-refractivity contribution in [1.29, 1.82) is 0 Å². The Morgan fingerprint density at radius 1 is 1.18 bits per heavy atom. The van der Waals surface area contributed by atoms with Crippen molar-refractivity contribution < 1.29 is 9.53 Å². The number of thiazole rings is 1. The number of ketones is 1. The van der Waals surface area contributed by atoms with Crippen LogP contribution in [0, 0.1) is 6.92 Å². The summed E-state index contributed by atoms with van der Waals surface area (Å²) in [6.07, 6.45) is 9.22. The predicted octanol–water partition coefficient (Wildman–Crippen LogP) is 3.60. The maximum atomic E-state index is 13.1. The van der Waals surface area contributed by atoms with Gasteiger partial charge in [-0.15, -0.1) is 4.80 Å². The lowest BCUT2D eigenvalue weighted by Crippen LogP contribution is -2.37.